The van der Waals surface area contributed by atoms with Crippen molar-refractivity contribution >= 4 is 27.8 Å². The van der Waals surface area contributed by atoms with E-state index in [0.29, 0.717) is 6.54 Å². The van der Waals surface area contributed by atoms with E-state index in [9.17, 15) is 13.2 Å². The van der Waals surface area contributed by atoms with Crippen molar-refractivity contribution in [1.82, 2.24) is 8.87 Å². The predicted molar refractivity (Wildman–Crippen MR) is 73.1 cm³/mol. The summed E-state index contributed by atoms with van der Waals surface area (Å²) in [7, 11) is -2.08. The van der Waals surface area contributed by atoms with Gasteiger partial charge in [0.05, 0.1) is 0 Å². The maximum atomic E-state index is 12.5. The zero-order chi connectivity index (χ0) is 14.2. The minimum absolute atomic E-state index is 0.0300. The minimum atomic E-state index is -3.61. The summed E-state index contributed by atoms with van der Waals surface area (Å²) < 4.78 is 27.8. The van der Waals surface area contributed by atoms with Crippen LogP contribution in [0.25, 0.3) is 0 Å². The Morgan fingerprint density at radius 3 is 2.74 bits per heavy atom. The summed E-state index contributed by atoms with van der Waals surface area (Å²) in [6.07, 6.45) is 1.35. The van der Waals surface area contributed by atoms with Gasteiger partial charge in [-0.1, -0.05) is 0 Å². The number of hydrogen-bond donors (Lipinski definition) is 1. The van der Waals surface area contributed by atoms with Gasteiger partial charge in [0.2, 0.25) is 10.0 Å². The first-order valence-corrected chi connectivity index (χ1v) is 8.42. The first-order valence-electron chi connectivity index (χ1n) is 5.83. The highest BCUT2D eigenvalue weighted by Crippen LogP contribution is 2.25. The summed E-state index contributed by atoms with van der Waals surface area (Å²) in [4.78, 5) is 11.0. The van der Waals surface area contributed by atoms with Crippen LogP contribution in [0.15, 0.2) is 17.2 Å². The van der Waals surface area contributed by atoms with E-state index in [0.717, 1.165) is 11.5 Å². The number of sulfonamides is 1. The van der Waals surface area contributed by atoms with Crippen LogP contribution in [0.3, 0.4) is 0 Å². The smallest absolute Gasteiger partial charge is 0.352 e. The van der Waals surface area contributed by atoms with E-state index in [1.54, 1.807) is 11.8 Å². The topological polar surface area (TPSA) is 79.6 Å². The molecule has 1 aromatic heterocycles. The fourth-order valence-electron chi connectivity index (χ4n) is 2.09. The molecular weight excluding hydrogens is 288 g/mol. The van der Waals surface area contributed by atoms with Gasteiger partial charge in [0.15, 0.2) is 0 Å². The van der Waals surface area contributed by atoms with E-state index in [-0.39, 0.29) is 16.6 Å². The second kappa shape index (κ2) is 5.18. The van der Waals surface area contributed by atoms with Crippen LogP contribution in [0.2, 0.25) is 0 Å². The summed E-state index contributed by atoms with van der Waals surface area (Å²) in [6, 6.07) is 1.14. The second-order valence-corrected chi connectivity index (χ2v) is 7.56. The van der Waals surface area contributed by atoms with Crippen molar-refractivity contribution in [3.8, 4) is 0 Å². The van der Waals surface area contributed by atoms with Gasteiger partial charge in [0.25, 0.3) is 0 Å². The lowest BCUT2D eigenvalue weighted by atomic mass is 10.4. The Labute approximate surface area is 116 Å². The van der Waals surface area contributed by atoms with Gasteiger partial charge in [-0.25, -0.2) is 13.2 Å². The minimum Gasteiger partial charge on any atom is -0.477 e. The molecule has 0 saturated carbocycles. The van der Waals surface area contributed by atoms with Gasteiger partial charge in [0, 0.05) is 37.3 Å². The molecular formula is C11H16N2O4S2. The number of carboxylic acids is 1. The fourth-order valence-corrected chi connectivity index (χ4v) is 5.02. The van der Waals surface area contributed by atoms with Crippen molar-refractivity contribution in [3.63, 3.8) is 0 Å². The molecule has 2 rings (SSSR count). The Kier molecular flexibility index (Phi) is 3.93. The van der Waals surface area contributed by atoms with E-state index < -0.39 is 16.0 Å². The molecule has 19 heavy (non-hydrogen) atoms. The highest BCUT2D eigenvalue weighted by Gasteiger charge is 2.32. The molecule has 0 spiro atoms. The van der Waals surface area contributed by atoms with Crippen molar-refractivity contribution < 1.29 is 18.3 Å². The highest BCUT2D eigenvalue weighted by molar-refractivity contribution is 7.99. The molecule has 1 aliphatic heterocycles. The molecule has 0 radical (unpaired) electrons. The maximum absolute atomic E-state index is 12.5. The van der Waals surface area contributed by atoms with E-state index in [2.05, 4.69) is 0 Å². The summed E-state index contributed by atoms with van der Waals surface area (Å²) >= 11 is 1.73. The Morgan fingerprint density at radius 1 is 1.53 bits per heavy atom. The Morgan fingerprint density at radius 2 is 2.21 bits per heavy atom. The number of thioether (sulfide) groups is 1. The summed E-state index contributed by atoms with van der Waals surface area (Å²) in [6.45, 7) is 2.33. The number of nitrogens with zero attached hydrogens (tertiary/aromatic N) is 2. The average molecular weight is 304 g/mol. The van der Waals surface area contributed by atoms with E-state index in [1.165, 1.54) is 28.2 Å². The van der Waals surface area contributed by atoms with Crippen LogP contribution in [0.5, 0.6) is 0 Å². The van der Waals surface area contributed by atoms with E-state index in [1.807, 2.05) is 6.92 Å². The molecule has 0 aromatic carbocycles. The molecule has 1 saturated heterocycles. The molecule has 2 heterocycles. The van der Waals surface area contributed by atoms with Crippen molar-refractivity contribution in [2.75, 3.05) is 18.1 Å². The second-order valence-electron chi connectivity index (χ2n) is 4.52. The number of carbonyl (C=O) groups is 1. The normalized spacial score (nSPS) is 21.5. The fraction of sp³-hybridized carbons (Fsp3) is 0.545. The largest absolute Gasteiger partial charge is 0.477 e. The molecule has 106 valence electrons. The van der Waals surface area contributed by atoms with Gasteiger partial charge >= 0.3 is 5.97 Å². The third-order valence-electron chi connectivity index (χ3n) is 3.11. The van der Waals surface area contributed by atoms with Gasteiger partial charge in [-0.15, -0.1) is 0 Å². The van der Waals surface area contributed by atoms with Gasteiger partial charge in [-0.2, -0.15) is 16.1 Å². The molecule has 1 atom stereocenters. The van der Waals surface area contributed by atoms with Crippen LogP contribution in [0.4, 0.5) is 0 Å². The molecule has 0 amide bonds. The predicted octanol–water partition coefficient (Wildman–Crippen LogP) is 0.849. The first-order chi connectivity index (χ1) is 8.84. The summed E-state index contributed by atoms with van der Waals surface area (Å²) in [5.74, 6) is 0.395. The highest BCUT2D eigenvalue weighted by atomic mass is 32.2. The van der Waals surface area contributed by atoms with Gasteiger partial charge in [-0.05, 0) is 13.0 Å². The summed E-state index contributed by atoms with van der Waals surface area (Å²) in [5, 5.41) is 8.97. The number of hydrogen-bond acceptors (Lipinski definition) is 4. The van der Waals surface area contributed by atoms with Crippen molar-refractivity contribution in [3.05, 3.63) is 18.0 Å². The van der Waals surface area contributed by atoms with Gasteiger partial charge in [-0.3, -0.25) is 0 Å². The number of aryl methyl sites for hydroxylation is 1. The maximum Gasteiger partial charge on any atom is 0.352 e. The lowest BCUT2D eigenvalue weighted by molar-refractivity contribution is 0.0686. The first kappa shape index (κ1) is 14.4. The molecule has 1 unspecified atom stereocenters. The van der Waals surface area contributed by atoms with E-state index in [4.69, 9.17) is 5.11 Å². The van der Waals surface area contributed by atoms with Gasteiger partial charge < -0.3 is 9.67 Å². The Balaban J connectivity index is 2.39. The SMILES string of the molecule is CC1CSCCN1S(=O)(=O)c1cc(C(=O)O)n(C)c1. The van der Waals surface area contributed by atoms with E-state index >= 15 is 0 Å². The molecule has 1 aromatic rings. The van der Waals surface area contributed by atoms with Gasteiger partial charge in [0.1, 0.15) is 10.6 Å². The van der Waals surface area contributed by atoms with Crippen LogP contribution in [-0.2, 0) is 17.1 Å². The third kappa shape index (κ3) is 2.65. The van der Waals surface area contributed by atoms with Crippen LogP contribution in [0.1, 0.15) is 17.4 Å². The molecule has 0 bridgehead atoms. The Hall–Kier alpha value is -0.990. The van der Waals surface area contributed by atoms with Crippen molar-refractivity contribution in [1.29, 1.82) is 0 Å². The van der Waals surface area contributed by atoms with Crippen LogP contribution in [-0.4, -0.2) is 52.5 Å². The Bertz CT molecular complexity index is 594. The number of aromatic nitrogens is 1. The molecule has 1 N–H and O–H groups in total. The zero-order valence-electron chi connectivity index (χ0n) is 10.7. The lowest BCUT2D eigenvalue weighted by Crippen LogP contribution is -2.44. The van der Waals surface area contributed by atoms with Crippen LogP contribution < -0.4 is 0 Å². The summed E-state index contributed by atoms with van der Waals surface area (Å²) in [5.41, 5.74) is -0.0300. The molecule has 6 nitrogen and oxygen atoms in total. The molecule has 1 fully saturated rings. The van der Waals surface area contributed by atoms with Crippen LogP contribution >= 0.6 is 11.8 Å². The van der Waals surface area contributed by atoms with Crippen LogP contribution in [0, 0.1) is 0 Å². The third-order valence-corrected chi connectivity index (χ3v) is 6.28. The van der Waals surface area contributed by atoms with Crippen molar-refractivity contribution in [2.24, 2.45) is 7.05 Å². The molecule has 0 aliphatic carbocycles. The van der Waals surface area contributed by atoms with Crippen molar-refractivity contribution in [2.45, 2.75) is 17.9 Å². The number of carboxylic acid groups (broad SMARTS) is 1. The standard InChI is InChI=1S/C11H16N2O4S2/c1-8-7-18-4-3-13(8)19(16,17)9-5-10(11(14)15)12(2)6-9/h5-6,8H,3-4,7H2,1-2H3,(H,14,15). The average Bonchev–Trinajstić information content (AvgIpc) is 2.72. The number of aromatic carboxylic acids is 1. The zero-order valence-corrected chi connectivity index (χ0v) is 12.4. The number of rotatable bonds is 3. The lowest BCUT2D eigenvalue weighted by Gasteiger charge is -2.31. The molecule has 1 aliphatic rings. The monoisotopic (exact) mass is 304 g/mol. The molecule has 8 heteroatoms. The quantitative estimate of drug-likeness (QED) is 0.895.